The number of nitrogens with zero attached hydrogens (tertiary/aromatic N) is 2. The van der Waals surface area contributed by atoms with Crippen LogP contribution in [0.3, 0.4) is 0 Å². The maximum absolute atomic E-state index is 13.4. The Morgan fingerprint density at radius 1 is 1.00 bits per heavy atom. The van der Waals surface area contributed by atoms with Crippen LogP contribution < -0.4 is 5.32 Å². The lowest BCUT2D eigenvalue weighted by Gasteiger charge is -2.23. The lowest BCUT2D eigenvalue weighted by molar-refractivity contribution is -0.137. The molecule has 0 aliphatic rings. The van der Waals surface area contributed by atoms with Gasteiger partial charge in [-0.15, -0.1) is 0 Å². The van der Waals surface area contributed by atoms with Gasteiger partial charge in [0.05, 0.1) is 22.8 Å². The Morgan fingerprint density at radius 3 is 2.52 bits per heavy atom. The molecule has 0 aliphatic heterocycles. The Hall–Kier alpha value is -3.39. The van der Waals surface area contributed by atoms with Crippen LogP contribution in [-0.4, -0.2) is 15.1 Å². The van der Waals surface area contributed by atoms with Gasteiger partial charge in [-0.3, -0.25) is 4.98 Å². The number of nitrogens with one attached hydrogen (secondary N) is 1. The average molecular weight is 448 g/mol. The first-order chi connectivity index (χ1) is 14.7. The molecule has 31 heavy (non-hydrogen) atoms. The number of alkyl halides is 3. The van der Waals surface area contributed by atoms with Crippen molar-refractivity contribution in [1.82, 2.24) is 9.97 Å². The summed E-state index contributed by atoms with van der Waals surface area (Å²) in [6.45, 7) is 0. The van der Waals surface area contributed by atoms with E-state index in [4.69, 9.17) is 11.6 Å². The molecule has 0 saturated heterocycles. The number of phenols is 1. The third-order valence-electron chi connectivity index (χ3n) is 4.74. The van der Waals surface area contributed by atoms with Crippen LogP contribution in [0, 0.1) is 5.82 Å². The van der Waals surface area contributed by atoms with Crippen molar-refractivity contribution >= 4 is 28.3 Å². The van der Waals surface area contributed by atoms with Crippen LogP contribution in [0.1, 0.15) is 22.7 Å². The molecule has 2 heterocycles. The molecule has 0 fully saturated rings. The number of benzene rings is 2. The Kier molecular flexibility index (Phi) is 5.41. The summed E-state index contributed by atoms with van der Waals surface area (Å²) in [6.07, 6.45) is -2.19. The second kappa shape index (κ2) is 8.03. The molecule has 0 saturated carbocycles. The van der Waals surface area contributed by atoms with E-state index in [2.05, 4.69) is 15.3 Å². The van der Waals surface area contributed by atoms with E-state index in [1.54, 1.807) is 24.3 Å². The Balaban J connectivity index is 1.88. The molecular weight excluding hydrogens is 434 g/mol. The standard InChI is InChI=1S/C22H14ClF4N3O/c23-17-7-4-13(10-16(17)22(25,26)27)19(30-18-8-5-14(24)11-29-18)15-6-3-12-2-1-9-28-20(12)21(15)31/h1-11,19,31H,(H,29,30). The van der Waals surface area contributed by atoms with Gasteiger partial charge in [-0.2, -0.15) is 13.2 Å². The first-order valence-electron chi connectivity index (χ1n) is 9.05. The zero-order valence-electron chi connectivity index (χ0n) is 15.7. The summed E-state index contributed by atoms with van der Waals surface area (Å²) >= 11 is 5.76. The lowest BCUT2D eigenvalue weighted by atomic mass is 9.95. The van der Waals surface area contributed by atoms with Crippen LogP contribution in [0.4, 0.5) is 23.4 Å². The summed E-state index contributed by atoms with van der Waals surface area (Å²) in [5.41, 5.74) is -0.269. The minimum atomic E-state index is -4.67. The normalized spacial score (nSPS) is 12.7. The number of rotatable bonds is 4. The summed E-state index contributed by atoms with van der Waals surface area (Å²) in [4.78, 5) is 8.08. The topological polar surface area (TPSA) is 58.0 Å². The van der Waals surface area contributed by atoms with Crippen molar-refractivity contribution in [2.24, 2.45) is 0 Å². The molecule has 0 bridgehead atoms. The number of aromatic nitrogens is 2. The largest absolute Gasteiger partial charge is 0.505 e. The highest BCUT2D eigenvalue weighted by molar-refractivity contribution is 6.31. The van der Waals surface area contributed by atoms with Crippen LogP contribution in [0.15, 0.2) is 67.0 Å². The van der Waals surface area contributed by atoms with Crippen LogP contribution in [0.2, 0.25) is 5.02 Å². The van der Waals surface area contributed by atoms with Gasteiger partial charge in [0, 0.05) is 17.1 Å². The lowest BCUT2D eigenvalue weighted by Crippen LogP contribution is -2.15. The quantitative estimate of drug-likeness (QED) is 0.358. The van der Waals surface area contributed by atoms with E-state index in [-0.39, 0.29) is 22.7 Å². The molecule has 9 heteroatoms. The zero-order valence-corrected chi connectivity index (χ0v) is 16.4. The molecule has 1 atom stereocenters. The van der Waals surface area contributed by atoms with Gasteiger partial charge in [0.25, 0.3) is 0 Å². The van der Waals surface area contributed by atoms with E-state index in [9.17, 15) is 22.7 Å². The molecule has 0 spiro atoms. The first kappa shape index (κ1) is 20.9. The highest BCUT2D eigenvalue weighted by Gasteiger charge is 2.34. The number of hydrogen-bond acceptors (Lipinski definition) is 4. The van der Waals surface area contributed by atoms with Crippen molar-refractivity contribution in [3.63, 3.8) is 0 Å². The van der Waals surface area contributed by atoms with Gasteiger partial charge in [0.2, 0.25) is 0 Å². The number of fused-ring (bicyclic) bond motifs is 1. The monoisotopic (exact) mass is 447 g/mol. The average Bonchev–Trinajstić information content (AvgIpc) is 2.74. The van der Waals surface area contributed by atoms with E-state index in [0.717, 1.165) is 24.4 Å². The number of phenolic OH excluding ortho intramolecular Hbond substituents is 1. The minimum Gasteiger partial charge on any atom is -0.505 e. The number of anilines is 1. The first-order valence-corrected chi connectivity index (χ1v) is 9.43. The molecule has 2 aromatic heterocycles. The van der Waals surface area contributed by atoms with Gasteiger partial charge in [0.1, 0.15) is 22.9 Å². The van der Waals surface area contributed by atoms with Gasteiger partial charge >= 0.3 is 6.18 Å². The smallest absolute Gasteiger partial charge is 0.417 e. The summed E-state index contributed by atoms with van der Waals surface area (Å²) in [7, 11) is 0. The molecule has 0 aliphatic carbocycles. The number of halogens is 5. The summed E-state index contributed by atoms with van der Waals surface area (Å²) in [6, 6.07) is 11.8. The van der Waals surface area contributed by atoms with Crippen molar-refractivity contribution in [3.05, 3.63) is 94.5 Å². The molecule has 2 aromatic carbocycles. The fourth-order valence-electron chi connectivity index (χ4n) is 3.27. The molecular formula is C22H14ClF4N3O. The van der Waals surface area contributed by atoms with Crippen molar-refractivity contribution < 1.29 is 22.7 Å². The molecule has 1 unspecified atom stereocenters. The molecule has 4 rings (SSSR count). The Bertz CT molecular complexity index is 1250. The van der Waals surface area contributed by atoms with Gasteiger partial charge in [-0.1, -0.05) is 35.9 Å². The van der Waals surface area contributed by atoms with Gasteiger partial charge in [-0.05, 0) is 35.9 Å². The van der Waals surface area contributed by atoms with E-state index in [1.165, 1.54) is 18.3 Å². The zero-order chi connectivity index (χ0) is 22.2. The predicted molar refractivity (Wildman–Crippen MR) is 110 cm³/mol. The maximum atomic E-state index is 13.4. The van der Waals surface area contributed by atoms with Crippen molar-refractivity contribution in [3.8, 4) is 5.75 Å². The van der Waals surface area contributed by atoms with Crippen LogP contribution in [-0.2, 0) is 6.18 Å². The molecule has 158 valence electrons. The van der Waals surface area contributed by atoms with E-state index < -0.39 is 28.6 Å². The summed E-state index contributed by atoms with van der Waals surface area (Å²) in [5, 5.41) is 14.0. The third kappa shape index (κ3) is 4.25. The third-order valence-corrected chi connectivity index (χ3v) is 5.07. The second-order valence-electron chi connectivity index (χ2n) is 6.75. The van der Waals surface area contributed by atoms with Crippen molar-refractivity contribution in [1.29, 1.82) is 0 Å². The molecule has 4 aromatic rings. The maximum Gasteiger partial charge on any atom is 0.417 e. The predicted octanol–water partition coefficient (Wildman–Crippen LogP) is 6.35. The number of aromatic hydroxyl groups is 1. The highest BCUT2D eigenvalue weighted by Crippen LogP contribution is 2.40. The minimum absolute atomic E-state index is 0.174. The van der Waals surface area contributed by atoms with Gasteiger partial charge in [0.15, 0.2) is 0 Å². The van der Waals surface area contributed by atoms with Crippen LogP contribution in [0.5, 0.6) is 5.75 Å². The van der Waals surface area contributed by atoms with Crippen molar-refractivity contribution in [2.45, 2.75) is 12.2 Å². The molecule has 0 amide bonds. The fraction of sp³-hybridized carbons (Fsp3) is 0.0909. The Labute approximate surface area is 179 Å². The Morgan fingerprint density at radius 2 is 1.81 bits per heavy atom. The van der Waals surface area contributed by atoms with Gasteiger partial charge < -0.3 is 10.4 Å². The number of pyridine rings is 2. The number of hydrogen-bond donors (Lipinski definition) is 2. The van der Waals surface area contributed by atoms with Crippen LogP contribution >= 0.6 is 11.6 Å². The van der Waals surface area contributed by atoms with E-state index >= 15 is 0 Å². The highest BCUT2D eigenvalue weighted by atomic mass is 35.5. The second-order valence-corrected chi connectivity index (χ2v) is 7.16. The molecule has 4 nitrogen and oxygen atoms in total. The molecule has 2 N–H and O–H groups in total. The molecule has 0 radical (unpaired) electrons. The van der Waals surface area contributed by atoms with Crippen LogP contribution in [0.25, 0.3) is 10.9 Å². The van der Waals surface area contributed by atoms with Gasteiger partial charge in [-0.25, -0.2) is 9.37 Å². The summed E-state index contributed by atoms with van der Waals surface area (Å²) in [5.74, 6) is -0.553. The van der Waals surface area contributed by atoms with E-state index in [1.807, 2.05) is 0 Å². The summed E-state index contributed by atoms with van der Waals surface area (Å²) < 4.78 is 53.6. The van der Waals surface area contributed by atoms with E-state index in [0.29, 0.717) is 10.9 Å². The fourth-order valence-corrected chi connectivity index (χ4v) is 3.49. The van der Waals surface area contributed by atoms with Crippen molar-refractivity contribution in [2.75, 3.05) is 5.32 Å². The SMILES string of the molecule is Oc1c(C(Nc2ccc(F)cn2)c2ccc(Cl)c(C(F)(F)F)c2)ccc2cccnc12.